The Hall–Kier alpha value is -1.02. The van der Waals surface area contributed by atoms with E-state index < -0.39 is 0 Å². The zero-order valence-corrected chi connectivity index (χ0v) is 10.4. The van der Waals surface area contributed by atoms with Crippen molar-refractivity contribution in [3.63, 3.8) is 0 Å². The van der Waals surface area contributed by atoms with Gasteiger partial charge in [0.05, 0.1) is 0 Å². The highest BCUT2D eigenvalue weighted by Crippen LogP contribution is 2.37. The Morgan fingerprint density at radius 3 is 2.81 bits per heavy atom. The van der Waals surface area contributed by atoms with Gasteiger partial charge in [-0.15, -0.1) is 0 Å². The Balaban J connectivity index is 2.02. The van der Waals surface area contributed by atoms with E-state index in [0.29, 0.717) is 0 Å². The van der Waals surface area contributed by atoms with Gasteiger partial charge in [0.2, 0.25) is 0 Å². The highest BCUT2D eigenvalue weighted by Gasteiger charge is 2.19. The second-order valence-corrected chi connectivity index (χ2v) is 4.75. The minimum atomic E-state index is 0.831. The molecule has 16 heavy (non-hydrogen) atoms. The zero-order valence-electron chi connectivity index (χ0n) is 10.4. The van der Waals surface area contributed by atoms with Crippen molar-refractivity contribution in [1.29, 1.82) is 0 Å². The molecule has 0 heterocycles. The minimum Gasteiger partial charge on any atom is -0.373 e. The summed E-state index contributed by atoms with van der Waals surface area (Å²) in [6.45, 7) is 2.09. The van der Waals surface area contributed by atoms with Gasteiger partial charge in [0, 0.05) is 25.8 Å². The number of rotatable bonds is 5. The summed E-state index contributed by atoms with van der Waals surface area (Å²) in [6, 6.07) is 9.04. The van der Waals surface area contributed by atoms with Gasteiger partial charge >= 0.3 is 0 Å². The SMILES string of the molecule is CNCCN(C)c1cccc(C2CCC2)c1. The van der Waals surface area contributed by atoms with E-state index in [2.05, 4.69) is 41.5 Å². The lowest BCUT2D eigenvalue weighted by Gasteiger charge is -2.27. The Labute approximate surface area is 98.7 Å². The molecule has 0 saturated heterocycles. The molecule has 2 nitrogen and oxygen atoms in total. The first-order chi connectivity index (χ1) is 7.81. The molecule has 0 radical (unpaired) electrons. The quantitative estimate of drug-likeness (QED) is 0.817. The van der Waals surface area contributed by atoms with Crippen LogP contribution in [0.1, 0.15) is 30.7 Å². The number of hydrogen-bond acceptors (Lipinski definition) is 2. The average molecular weight is 218 g/mol. The van der Waals surface area contributed by atoms with Crippen LogP contribution < -0.4 is 10.2 Å². The Morgan fingerprint density at radius 2 is 2.19 bits per heavy atom. The average Bonchev–Trinajstić information content (AvgIpc) is 2.24. The van der Waals surface area contributed by atoms with Gasteiger partial charge in [-0.25, -0.2) is 0 Å². The number of hydrogen-bond donors (Lipinski definition) is 1. The molecule has 0 spiro atoms. The Kier molecular flexibility index (Phi) is 3.83. The standard InChI is InChI=1S/C14H22N2/c1-15-9-10-16(2)14-8-4-7-13(11-14)12-5-3-6-12/h4,7-8,11-12,15H,3,5-6,9-10H2,1-2H3. The third-order valence-electron chi connectivity index (χ3n) is 3.58. The van der Waals surface area contributed by atoms with Crippen LogP contribution in [-0.2, 0) is 0 Å². The highest BCUT2D eigenvalue weighted by atomic mass is 15.1. The van der Waals surface area contributed by atoms with Crippen molar-refractivity contribution >= 4 is 5.69 Å². The fraction of sp³-hybridized carbons (Fsp3) is 0.571. The van der Waals surface area contributed by atoms with Gasteiger partial charge < -0.3 is 10.2 Å². The van der Waals surface area contributed by atoms with E-state index >= 15 is 0 Å². The summed E-state index contributed by atoms with van der Waals surface area (Å²) in [5.74, 6) is 0.831. The van der Waals surface area contributed by atoms with E-state index in [1.54, 1.807) is 0 Å². The van der Waals surface area contributed by atoms with Crippen molar-refractivity contribution in [1.82, 2.24) is 5.32 Å². The summed E-state index contributed by atoms with van der Waals surface area (Å²) in [4.78, 5) is 2.32. The minimum absolute atomic E-state index is 0.831. The fourth-order valence-corrected chi connectivity index (χ4v) is 2.17. The van der Waals surface area contributed by atoms with Crippen LogP contribution in [0.25, 0.3) is 0 Å². The van der Waals surface area contributed by atoms with Crippen molar-refractivity contribution in [3.8, 4) is 0 Å². The van der Waals surface area contributed by atoms with Gasteiger partial charge in [0.25, 0.3) is 0 Å². The molecular formula is C14H22N2. The van der Waals surface area contributed by atoms with Crippen molar-refractivity contribution < 1.29 is 0 Å². The highest BCUT2D eigenvalue weighted by molar-refractivity contribution is 5.48. The molecule has 1 aliphatic carbocycles. The van der Waals surface area contributed by atoms with E-state index in [-0.39, 0.29) is 0 Å². The topological polar surface area (TPSA) is 15.3 Å². The molecule has 1 N–H and O–H groups in total. The monoisotopic (exact) mass is 218 g/mol. The van der Waals surface area contributed by atoms with E-state index in [9.17, 15) is 0 Å². The largest absolute Gasteiger partial charge is 0.373 e. The maximum atomic E-state index is 3.19. The molecule has 1 fully saturated rings. The maximum Gasteiger partial charge on any atom is 0.0366 e. The predicted octanol–water partition coefficient (Wildman–Crippen LogP) is 2.61. The predicted molar refractivity (Wildman–Crippen MR) is 70.2 cm³/mol. The molecule has 0 unspecified atom stereocenters. The van der Waals surface area contributed by atoms with E-state index in [1.165, 1.54) is 30.5 Å². The summed E-state index contributed by atoms with van der Waals surface area (Å²) in [5.41, 5.74) is 2.87. The Bertz CT molecular complexity index is 331. The molecule has 2 heteroatoms. The summed E-state index contributed by atoms with van der Waals surface area (Å²) in [6.07, 6.45) is 4.16. The van der Waals surface area contributed by atoms with Crippen LogP contribution in [0.2, 0.25) is 0 Å². The van der Waals surface area contributed by atoms with Crippen LogP contribution in [0.4, 0.5) is 5.69 Å². The molecular weight excluding hydrogens is 196 g/mol. The summed E-state index contributed by atoms with van der Waals surface area (Å²) in [5, 5.41) is 3.19. The molecule has 1 aliphatic rings. The van der Waals surface area contributed by atoms with E-state index in [1.807, 2.05) is 7.05 Å². The van der Waals surface area contributed by atoms with Crippen molar-refractivity contribution in [2.75, 3.05) is 32.1 Å². The van der Waals surface area contributed by atoms with Gasteiger partial charge in [-0.1, -0.05) is 18.6 Å². The molecule has 2 rings (SSSR count). The first kappa shape index (κ1) is 11.5. The summed E-state index contributed by atoms with van der Waals surface area (Å²) in [7, 11) is 4.16. The molecule has 0 amide bonds. The molecule has 0 bridgehead atoms. The smallest absolute Gasteiger partial charge is 0.0366 e. The van der Waals surface area contributed by atoms with Crippen LogP contribution in [0, 0.1) is 0 Å². The fourth-order valence-electron chi connectivity index (χ4n) is 2.17. The Morgan fingerprint density at radius 1 is 1.38 bits per heavy atom. The maximum absolute atomic E-state index is 3.19. The molecule has 88 valence electrons. The van der Waals surface area contributed by atoms with Gasteiger partial charge in [0.1, 0.15) is 0 Å². The number of anilines is 1. The molecule has 0 atom stereocenters. The van der Waals surface area contributed by atoms with Crippen molar-refractivity contribution in [2.24, 2.45) is 0 Å². The third kappa shape index (κ3) is 2.56. The second-order valence-electron chi connectivity index (χ2n) is 4.75. The van der Waals surface area contributed by atoms with Crippen LogP contribution in [0.15, 0.2) is 24.3 Å². The van der Waals surface area contributed by atoms with E-state index in [0.717, 1.165) is 19.0 Å². The number of benzene rings is 1. The lowest BCUT2D eigenvalue weighted by molar-refractivity contribution is 0.420. The number of nitrogens with one attached hydrogen (secondary N) is 1. The van der Waals surface area contributed by atoms with Gasteiger partial charge in [-0.3, -0.25) is 0 Å². The van der Waals surface area contributed by atoms with Crippen LogP contribution in [0.3, 0.4) is 0 Å². The lowest BCUT2D eigenvalue weighted by atomic mass is 9.80. The van der Waals surface area contributed by atoms with Gasteiger partial charge in [0.15, 0.2) is 0 Å². The molecule has 1 aromatic rings. The molecule has 0 aromatic heterocycles. The first-order valence-corrected chi connectivity index (χ1v) is 6.27. The first-order valence-electron chi connectivity index (χ1n) is 6.27. The summed E-state index contributed by atoms with van der Waals surface area (Å²) >= 11 is 0. The van der Waals surface area contributed by atoms with Gasteiger partial charge in [-0.2, -0.15) is 0 Å². The van der Waals surface area contributed by atoms with Crippen LogP contribution in [0.5, 0.6) is 0 Å². The normalized spacial score (nSPS) is 15.9. The summed E-state index contributed by atoms with van der Waals surface area (Å²) < 4.78 is 0. The van der Waals surface area contributed by atoms with Crippen LogP contribution in [-0.4, -0.2) is 27.2 Å². The van der Waals surface area contributed by atoms with Crippen LogP contribution >= 0.6 is 0 Å². The van der Waals surface area contributed by atoms with Crippen molar-refractivity contribution in [3.05, 3.63) is 29.8 Å². The number of likely N-dealkylation sites (N-methyl/N-ethyl adjacent to an activating group) is 2. The third-order valence-corrected chi connectivity index (χ3v) is 3.58. The van der Waals surface area contributed by atoms with Gasteiger partial charge in [-0.05, 0) is 43.5 Å². The number of nitrogens with zero attached hydrogens (tertiary/aromatic N) is 1. The molecule has 1 saturated carbocycles. The molecule has 0 aliphatic heterocycles. The second kappa shape index (κ2) is 5.35. The molecule has 1 aromatic carbocycles. The van der Waals surface area contributed by atoms with Crippen molar-refractivity contribution in [2.45, 2.75) is 25.2 Å². The zero-order chi connectivity index (χ0) is 11.4. The van der Waals surface area contributed by atoms with E-state index in [4.69, 9.17) is 0 Å². The lowest BCUT2D eigenvalue weighted by Crippen LogP contribution is -2.27.